The Kier molecular flexibility index (Phi) is 0.876. The summed E-state index contributed by atoms with van der Waals surface area (Å²) in [7, 11) is 0. The van der Waals surface area contributed by atoms with Gasteiger partial charge in [-0.05, 0) is 12.8 Å². The molecule has 2 heteroatoms. The minimum Gasteiger partial charge on any atom is -0.370 e. The Labute approximate surface area is 56.6 Å². The van der Waals surface area contributed by atoms with Gasteiger partial charge in [0.15, 0.2) is 0 Å². The molecule has 0 aromatic rings. The number of ether oxygens (including phenoxy) is 1. The van der Waals surface area contributed by atoms with Crippen molar-refractivity contribution in [1.82, 2.24) is 0 Å². The van der Waals surface area contributed by atoms with E-state index in [4.69, 9.17) is 4.74 Å². The monoisotopic (exact) mass is 210 g/mol. The first-order valence-electron chi connectivity index (χ1n) is 2.66. The second-order valence-electron chi connectivity index (χ2n) is 2.28. The average Bonchev–Trinajstić information content (AvgIpc) is 2.15. The Hall–Kier alpha value is 0.690. The van der Waals surface area contributed by atoms with Gasteiger partial charge < -0.3 is 4.74 Å². The normalized spacial score (nSPS) is 57.0. The Bertz CT molecular complexity index is 84.1. The van der Waals surface area contributed by atoms with Crippen molar-refractivity contribution in [3.63, 3.8) is 0 Å². The van der Waals surface area contributed by atoms with E-state index in [2.05, 4.69) is 22.6 Å². The van der Waals surface area contributed by atoms with Gasteiger partial charge in [0.25, 0.3) is 0 Å². The molecule has 2 aliphatic rings. The number of rotatable bonds is 0. The standard InChI is InChI=1S/C5H7IO/c6-3-1-4-5(2-3)7-4/h3-5H,1-2H2. The number of hydrogen-bond acceptors (Lipinski definition) is 1. The molecule has 1 nitrogen and oxygen atoms in total. The molecule has 0 aromatic heterocycles. The number of halogens is 1. The van der Waals surface area contributed by atoms with E-state index in [1.807, 2.05) is 0 Å². The van der Waals surface area contributed by atoms with Gasteiger partial charge in [-0.15, -0.1) is 0 Å². The third-order valence-electron chi connectivity index (χ3n) is 1.66. The molecule has 7 heavy (non-hydrogen) atoms. The maximum atomic E-state index is 5.22. The molecule has 0 spiro atoms. The maximum absolute atomic E-state index is 5.22. The molecule has 0 bridgehead atoms. The van der Waals surface area contributed by atoms with Gasteiger partial charge in [-0.2, -0.15) is 0 Å². The summed E-state index contributed by atoms with van der Waals surface area (Å²) in [5.74, 6) is 0. The highest BCUT2D eigenvalue weighted by atomic mass is 127. The molecule has 0 amide bonds. The van der Waals surface area contributed by atoms with E-state index in [0.29, 0.717) is 12.2 Å². The molecule has 2 unspecified atom stereocenters. The molecule has 1 heterocycles. The Morgan fingerprint density at radius 2 is 1.86 bits per heavy atom. The van der Waals surface area contributed by atoms with E-state index < -0.39 is 0 Å². The lowest BCUT2D eigenvalue weighted by Gasteiger charge is -1.96. The smallest absolute Gasteiger partial charge is 0.0852 e. The first kappa shape index (κ1) is 4.56. The Morgan fingerprint density at radius 1 is 1.29 bits per heavy atom. The van der Waals surface area contributed by atoms with E-state index in [1.54, 1.807) is 0 Å². The highest BCUT2D eigenvalue weighted by molar-refractivity contribution is 14.1. The van der Waals surface area contributed by atoms with E-state index >= 15 is 0 Å². The highest BCUT2D eigenvalue weighted by Gasteiger charge is 2.46. The predicted molar refractivity (Wildman–Crippen MR) is 35.7 cm³/mol. The molecule has 2 atom stereocenters. The second-order valence-corrected chi connectivity index (χ2v) is 4.04. The lowest BCUT2D eigenvalue weighted by Crippen LogP contribution is -1.93. The van der Waals surface area contributed by atoms with Crippen LogP contribution in [-0.4, -0.2) is 16.1 Å². The fraction of sp³-hybridized carbons (Fsp3) is 1.00. The first-order valence-corrected chi connectivity index (χ1v) is 3.90. The van der Waals surface area contributed by atoms with E-state index in [-0.39, 0.29) is 0 Å². The molecule has 1 saturated carbocycles. The fourth-order valence-electron chi connectivity index (χ4n) is 1.19. The van der Waals surface area contributed by atoms with E-state index in [9.17, 15) is 0 Å². The lowest BCUT2D eigenvalue weighted by molar-refractivity contribution is 0.329. The first-order chi connectivity index (χ1) is 3.36. The number of fused-ring (bicyclic) bond motifs is 1. The number of alkyl halides is 1. The van der Waals surface area contributed by atoms with Crippen LogP contribution in [0, 0.1) is 0 Å². The van der Waals surface area contributed by atoms with Crippen molar-refractivity contribution >= 4 is 22.6 Å². The summed E-state index contributed by atoms with van der Waals surface area (Å²) in [5.41, 5.74) is 0. The van der Waals surface area contributed by atoms with Crippen molar-refractivity contribution < 1.29 is 4.74 Å². The quantitative estimate of drug-likeness (QED) is 0.334. The topological polar surface area (TPSA) is 12.5 Å². The van der Waals surface area contributed by atoms with Crippen molar-refractivity contribution in [2.24, 2.45) is 0 Å². The van der Waals surface area contributed by atoms with Crippen LogP contribution in [-0.2, 0) is 4.74 Å². The maximum Gasteiger partial charge on any atom is 0.0852 e. The minimum absolute atomic E-state index is 0.682. The Morgan fingerprint density at radius 3 is 2.14 bits per heavy atom. The minimum atomic E-state index is 0.682. The lowest BCUT2D eigenvalue weighted by atomic mass is 10.4. The zero-order chi connectivity index (χ0) is 4.85. The second kappa shape index (κ2) is 1.35. The average molecular weight is 210 g/mol. The van der Waals surface area contributed by atoms with Gasteiger partial charge in [0.1, 0.15) is 0 Å². The van der Waals surface area contributed by atoms with Crippen LogP contribution in [0.25, 0.3) is 0 Å². The summed E-state index contributed by atoms with van der Waals surface area (Å²) >= 11 is 2.50. The third kappa shape index (κ3) is 0.682. The van der Waals surface area contributed by atoms with Crippen LogP contribution < -0.4 is 0 Å². The summed E-state index contributed by atoms with van der Waals surface area (Å²) in [4.78, 5) is 0. The molecular formula is C5H7IO. The molecule has 2 rings (SSSR count). The summed E-state index contributed by atoms with van der Waals surface area (Å²) < 4.78 is 6.14. The van der Waals surface area contributed by atoms with Crippen LogP contribution >= 0.6 is 22.6 Å². The number of epoxide rings is 1. The molecule has 1 saturated heterocycles. The van der Waals surface area contributed by atoms with Crippen LogP contribution in [0.15, 0.2) is 0 Å². The third-order valence-corrected chi connectivity index (χ3v) is 2.68. The SMILES string of the molecule is IC1CC2OC2C1. The van der Waals surface area contributed by atoms with Crippen LogP contribution in [0.1, 0.15) is 12.8 Å². The summed E-state index contributed by atoms with van der Waals surface area (Å²) in [6, 6.07) is 0. The summed E-state index contributed by atoms with van der Waals surface area (Å²) in [6.07, 6.45) is 3.99. The molecule has 0 radical (unpaired) electrons. The fourth-order valence-corrected chi connectivity index (χ4v) is 2.20. The van der Waals surface area contributed by atoms with Crippen molar-refractivity contribution in [3.8, 4) is 0 Å². The van der Waals surface area contributed by atoms with Crippen LogP contribution in [0.5, 0.6) is 0 Å². The van der Waals surface area contributed by atoms with Crippen LogP contribution in [0.3, 0.4) is 0 Å². The molecule has 0 aromatic carbocycles. The highest BCUT2D eigenvalue weighted by Crippen LogP contribution is 2.41. The van der Waals surface area contributed by atoms with Crippen molar-refractivity contribution in [3.05, 3.63) is 0 Å². The molecular weight excluding hydrogens is 203 g/mol. The van der Waals surface area contributed by atoms with Crippen molar-refractivity contribution in [2.75, 3.05) is 0 Å². The van der Waals surface area contributed by atoms with E-state index in [0.717, 1.165) is 3.92 Å². The van der Waals surface area contributed by atoms with Gasteiger partial charge in [-0.3, -0.25) is 0 Å². The van der Waals surface area contributed by atoms with Gasteiger partial charge in [0.05, 0.1) is 12.2 Å². The predicted octanol–water partition coefficient (Wildman–Crippen LogP) is 1.35. The van der Waals surface area contributed by atoms with Gasteiger partial charge in [0, 0.05) is 3.92 Å². The van der Waals surface area contributed by atoms with Crippen molar-refractivity contribution in [1.29, 1.82) is 0 Å². The van der Waals surface area contributed by atoms with Gasteiger partial charge in [-0.25, -0.2) is 0 Å². The van der Waals surface area contributed by atoms with Crippen molar-refractivity contribution in [2.45, 2.75) is 29.0 Å². The molecule has 2 fully saturated rings. The van der Waals surface area contributed by atoms with Gasteiger partial charge in [-0.1, -0.05) is 22.6 Å². The number of hydrogen-bond donors (Lipinski definition) is 0. The van der Waals surface area contributed by atoms with Crippen LogP contribution in [0.2, 0.25) is 0 Å². The molecule has 40 valence electrons. The van der Waals surface area contributed by atoms with Crippen LogP contribution in [0.4, 0.5) is 0 Å². The zero-order valence-electron chi connectivity index (χ0n) is 3.93. The van der Waals surface area contributed by atoms with E-state index in [1.165, 1.54) is 12.8 Å². The van der Waals surface area contributed by atoms with Gasteiger partial charge >= 0.3 is 0 Å². The molecule has 0 N–H and O–H groups in total. The largest absolute Gasteiger partial charge is 0.370 e. The Balaban J connectivity index is 2.02. The summed E-state index contributed by atoms with van der Waals surface area (Å²) in [6.45, 7) is 0. The summed E-state index contributed by atoms with van der Waals surface area (Å²) in [5, 5.41) is 0. The van der Waals surface area contributed by atoms with Gasteiger partial charge in [0.2, 0.25) is 0 Å². The zero-order valence-corrected chi connectivity index (χ0v) is 6.09. The molecule has 1 aliphatic carbocycles. The molecule has 1 aliphatic heterocycles.